The van der Waals surface area contributed by atoms with Crippen molar-refractivity contribution in [3.05, 3.63) is 15.0 Å². The summed E-state index contributed by atoms with van der Waals surface area (Å²) < 4.78 is 11.4. The van der Waals surface area contributed by atoms with E-state index in [0.29, 0.717) is 12.8 Å². The van der Waals surface area contributed by atoms with Crippen molar-refractivity contribution in [1.29, 1.82) is 0 Å². The zero-order chi connectivity index (χ0) is 22.0. The van der Waals surface area contributed by atoms with E-state index in [1.165, 1.54) is 0 Å². The number of halogens is 1. The van der Waals surface area contributed by atoms with Gasteiger partial charge >= 0.3 is 18.0 Å². The lowest BCUT2D eigenvalue weighted by Crippen LogP contribution is -2.60. The molecule has 0 saturated heterocycles. The van der Waals surface area contributed by atoms with Gasteiger partial charge in [0.25, 0.3) is 0 Å². The molecule has 1 aromatic rings. The molecule has 2 rings (SSSR count). The molecule has 162 valence electrons. The SMILES string of the molecule is CCC(OC(=O)c1n[nH]c(I)c1C(=O)O)C(CC)(NC(=O)OC(C)(C)C)C1CC1. The second kappa shape index (κ2) is 8.88. The molecule has 0 aliphatic heterocycles. The minimum atomic E-state index is -1.26. The highest BCUT2D eigenvalue weighted by Gasteiger charge is 2.52. The Hall–Kier alpha value is -1.85. The molecule has 1 amide bonds. The predicted octanol–water partition coefficient (Wildman–Crippen LogP) is 3.73. The number of carbonyl (C=O) groups is 3. The number of nitrogens with zero attached hydrogens (tertiary/aromatic N) is 1. The van der Waals surface area contributed by atoms with Crippen LogP contribution in [0.5, 0.6) is 0 Å². The number of aromatic nitrogens is 2. The Morgan fingerprint density at radius 1 is 1.31 bits per heavy atom. The van der Waals surface area contributed by atoms with E-state index in [-0.39, 0.29) is 20.9 Å². The van der Waals surface area contributed by atoms with E-state index in [0.717, 1.165) is 12.8 Å². The van der Waals surface area contributed by atoms with Gasteiger partial charge in [-0.1, -0.05) is 13.8 Å². The maximum atomic E-state index is 12.8. The lowest BCUT2D eigenvalue weighted by atomic mass is 9.82. The molecule has 10 heteroatoms. The highest BCUT2D eigenvalue weighted by Crippen LogP contribution is 2.45. The lowest BCUT2D eigenvalue weighted by molar-refractivity contribution is -0.0187. The van der Waals surface area contributed by atoms with Gasteiger partial charge in [0, 0.05) is 0 Å². The third-order valence-electron chi connectivity index (χ3n) is 4.95. The van der Waals surface area contributed by atoms with Crippen molar-refractivity contribution in [2.45, 2.75) is 77.5 Å². The molecule has 0 aromatic carbocycles. The van der Waals surface area contributed by atoms with Crippen molar-refractivity contribution in [1.82, 2.24) is 15.5 Å². The Morgan fingerprint density at radius 3 is 2.38 bits per heavy atom. The third-order valence-corrected chi connectivity index (χ3v) is 5.73. The van der Waals surface area contributed by atoms with Crippen LogP contribution in [0, 0.1) is 9.62 Å². The number of amides is 1. The van der Waals surface area contributed by atoms with Gasteiger partial charge in [-0.3, -0.25) is 5.10 Å². The van der Waals surface area contributed by atoms with E-state index >= 15 is 0 Å². The van der Waals surface area contributed by atoms with Crippen LogP contribution < -0.4 is 5.32 Å². The number of aromatic carboxylic acids is 1. The summed E-state index contributed by atoms with van der Waals surface area (Å²) in [4.78, 5) is 36.7. The zero-order valence-electron chi connectivity index (χ0n) is 17.3. The molecule has 2 atom stereocenters. The van der Waals surface area contributed by atoms with Crippen molar-refractivity contribution in [2.75, 3.05) is 0 Å². The van der Waals surface area contributed by atoms with Crippen LogP contribution in [0.25, 0.3) is 0 Å². The Balaban J connectivity index is 2.29. The molecule has 1 aliphatic carbocycles. The zero-order valence-corrected chi connectivity index (χ0v) is 19.5. The first-order valence-electron chi connectivity index (χ1n) is 9.64. The Bertz CT molecular complexity index is 783. The standard InChI is InChI=1S/C19H28IN3O6/c1-6-11(28-16(26)13-12(15(24)25)14(20)23-22-13)19(7-2,10-8-9-10)21-17(27)29-18(3,4)5/h10-11H,6-9H2,1-5H3,(H,21,27)(H,22,23)(H,24,25). The number of nitrogens with one attached hydrogen (secondary N) is 2. The van der Waals surface area contributed by atoms with Gasteiger partial charge in [-0.25, -0.2) is 14.4 Å². The number of carboxylic acids is 1. The highest BCUT2D eigenvalue weighted by atomic mass is 127. The summed E-state index contributed by atoms with van der Waals surface area (Å²) in [5.41, 5.74) is -1.95. The van der Waals surface area contributed by atoms with Gasteiger partial charge in [0.2, 0.25) is 0 Å². The van der Waals surface area contributed by atoms with Crippen LogP contribution in [-0.2, 0) is 9.47 Å². The number of alkyl carbamates (subject to hydrolysis) is 1. The molecule has 1 heterocycles. The monoisotopic (exact) mass is 521 g/mol. The first-order chi connectivity index (χ1) is 13.4. The minimum absolute atomic E-state index is 0.149. The average molecular weight is 521 g/mol. The molecular weight excluding hydrogens is 493 g/mol. The van der Waals surface area contributed by atoms with Gasteiger partial charge in [0.1, 0.15) is 21.0 Å². The number of ether oxygens (including phenoxy) is 2. The van der Waals surface area contributed by atoms with E-state index in [1.54, 1.807) is 43.4 Å². The Labute approximate surface area is 183 Å². The van der Waals surface area contributed by atoms with Crippen LogP contribution in [0.4, 0.5) is 4.79 Å². The number of carboxylic acid groups (broad SMARTS) is 1. The van der Waals surface area contributed by atoms with Crippen LogP contribution in [0.2, 0.25) is 0 Å². The second-order valence-corrected chi connectivity index (χ2v) is 9.24. The van der Waals surface area contributed by atoms with Crippen molar-refractivity contribution in [3.63, 3.8) is 0 Å². The molecule has 9 nitrogen and oxygen atoms in total. The highest BCUT2D eigenvalue weighted by molar-refractivity contribution is 14.1. The molecule has 0 radical (unpaired) electrons. The fourth-order valence-electron chi connectivity index (χ4n) is 3.54. The molecule has 0 bridgehead atoms. The summed E-state index contributed by atoms with van der Waals surface area (Å²) in [5, 5.41) is 18.6. The first kappa shape index (κ1) is 23.4. The van der Waals surface area contributed by atoms with Gasteiger partial charge in [0.05, 0.1) is 5.54 Å². The molecule has 1 aromatic heterocycles. The van der Waals surface area contributed by atoms with Crippen LogP contribution in [-0.4, -0.2) is 50.6 Å². The van der Waals surface area contributed by atoms with Crippen molar-refractivity contribution >= 4 is 40.6 Å². The van der Waals surface area contributed by atoms with Crippen LogP contribution in [0.1, 0.15) is 81.1 Å². The number of hydrogen-bond acceptors (Lipinski definition) is 6. The minimum Gasteiger partial charge on any atom is -0.478 e. The molecule has 1 fully saturated rings. The number of rotatable bonds is 8. The van der Waals surface area contributed by atoms with Crippen LogP contribution in [0.3, 0.4) is 0 Å². The van der Waals surface area contributed by atoms with Crippen molar-refractivity contribution in [2.24, 2.45) is 5.92 Å². The molecule has 1 aliphatic rings. The summed E-state index contributed by atoms with van der Waals surface area (Å²) in [5.74, 6) is -1.95. The number of carbonyl (C=O) groups excluding carboxylic acids is 2. The molecule has 29 heavy (non-hydrogen) atoms. The van der Waals surface area contributed by atoms with E-state index < -0.39 is 35.3 Å². The summed E-state index contributed by atoms with van der Waals surface area (Å²) in [7, 11) is 0. The van der Waals surface area contributed by atoms with Gasteiger partial charge in [-0.15, -0.1) is 0 Å². The van der Waals surface area contributed by atoms with Crippen LogP contribution >= 0.6 is 22.6 Å². The topological polar surface area (TPSA) is 131 Å². The first-order valence-corrected chi connectivity index (χ1v) is 10.7. The number of hydrogen-bond donors (Lipinski definition) is 3. The molecule has 1 saturated carbocycles. The van der Waals surface area contributed by atoms with Crippen LogP contribution in [0.15, 0.2) is 0 Å². The normalized spacial score (nSPS) is 17.2. The van der Waals surface area contributed by atoms with Gasteiger partial charge in [-0.2, -0.15) is 5.10 Å². The summed E-state index contributed by atoms with van der Waals surface area (Å²) in [6.45, 7) is 9.12. The fraction of sp³-hybridized carbons (Fsp3) is 0.684. The van der Waals surface area contributed by atoms with Gasteiger partial charge < -0.3 is 19.9 Å². The van der Waals surface area contributed by atoms with E-state index in [9.17, 15) is 19.5 Å². The molecule has 2 unspecified atom stereocenters. The lowest BCUT2D eigenvalue weighted by Gasteiger charge is -2.40. The summed E-state index contributed by atoms with van der Waals surface area (Å²) in [6.07, 6.45) is 1.55. The third kappa shape index (κ3) is 5.40. The van der Waals surface area contributed by atoms with E-state index in [2.05, 4.69) is 15.5 Å². The quantitative estimate of drug-likeness (QED) is 0.351. The predicted molar refractivity (Wildman–Crippen MR) is 113 cm³/mol. The number of H-pyrrole nitrogens is 1. The molecule has 0 spiro atoms. The van der Waals surface area contributed by atoms with Crippen molar-refractivity contribution < 1.29 is 29.0 Å². The molecular formula is C19H28IN3O6. The smallest absolute Gasteiger partial charge is 0.408 e. The Kier molecular flexibility index (Phi) is 7.18. The maximum Gasteiger partial charge on any atom is 0.408 e. The largest absolute Gasteiger partial charge is 0.478 e. The van der Waals surface area contributed by atoms with E-state index in [1.807, 2.05) is 13.8 Å². The Morgan fingerprint density at radius 2 is 1.93 bits per heavy atom. The maximum absolute atomic E-state index is 12.8. The fourth-order valence-corrected chi connectivity index (χ4v) is 4.15. The van der Waals surface area contributed by atoms with Crippen molar-refractivity contribution in [3.8, 4) is 0 Å². The summed E-state index contributed by atoms with van der Waals surface area (Å²) in [6, 6.07) is 0. The summed E-state index contributed by atoms with van der Waals surface area (Å²) >= 11 is 1.77. The average Bonchev–Trinajstić information content (AvgIpc) is 3.38. The number of aromatic amines is 1. The van der Waals surface area contributed by atoms with Gasteiger partial charge in [0.15, 0.2) is 5.69 Å². The van der Waals surface area contributed by atoms with Gasteiger partial charge in [-0.05, 0) is 75.0 Å². The molecule has 3 N–H and O–H groups in total. The second-order valence-electron chi connectivity index (χ2n) is 8.16. The van der Waals surface area contributed by atoms with E-state index in [4.69, 9.17) is 9.47 Å². The number of esters is 1.